The standard InChI is InChI=1S/C23H23FN4O3/c1-26-10-11-27-18-5-3-2-4-16(18)12-23(19(27)14-26)20(29)25-22(31)28(21(23)30)13-15-6-8-17(24)9-7-15/h2-9,19H,10-14H2,1H3,(H,25,29,31)/t19-,23-/m0/s1. The number of likely N-dealkylation sites (N-methyl/N-ethyl adjacent to an activating group) is 1. The van der Waals surface area contributed by atoms with Crippen LogP contribution in [-0.4, -0.2) is 60.4 Å². The number of anilines is 1. The minimum atomic E-state index is -1.41. The van der Waals surface area contributed by atoms with Crippen molar-refractivity contribution in [2.75, 3.05) is 31.6 Å². The Morgan fingerprint density at radius 3 is 2.58 bits per heavy atom. The van der Waals surface area contributed by atoms with Crippen molar-refractivity contribution >= 4 is 23.5 Å². The Morgan fingerprint density at radius 2 is 1.81 bits per heavy atom. The zero-order valence-electron chi connectivity index (χ0n) is 17.2. The number of nitrogens with zero attached hydrogens (tertiary/aromatic N) is 3. The van der Waals surface area contributed by atoms with E-state index in [1.807, 2.05) is 31.3 Å². The molecule has 2 saturated heterocycles. The molecule has 0 unspecified atom stereocenters. The number of amides is 4. The highest BCUT2D eigenvalue weighted by Crippen LogP contribution is 2.45. The van der Waals surface area contributed by atoms with Crippen LogP contribution < -0.4 is 10.2 Å². The van der Waals surface area contributed by atoms with Gasteiger partial charge in [-0.15, -0.1) is 0 Å². The minimum absolute atomic E-state index is 0.0236. The van der Waals surface area contributed by atoms with Crippen molar-refractivity contribution in [3.63, 3.8) is 0 Å². The minimum Gasteiger partial charge on any atom is -0.364 e. The van der Waals surface area contributed by atoms with Gasteiger partial charge in [0, 0.05) is 25.3 Å². The highest BCUT2D eigenvalue weighted by molar-refractivity contribution is 6.20. The second-order valence-corrected chi connectivity index (χ2v) is 8.53. The molecule has 3 aliphatic rings. The number of halogens is 1. The summed E-state index contributed by atoms with van der Waals surface area (Å²) in [4.78, 5) is 45.2. The number of carbonyl (C=O) groups is 3. The maximum Gasteiger partial charge on any atom is 0.331 e. The van der Waals surface area contributed by atoms with Crippen molar-refractivity contribution in [3.8, 4) is 0 Å². The molecule has 0 aromatic heterocycles. The van der Waals surface area contributed by atoms with Crippen LogP contribution in [0.5, 0.6) is 0 Å². The summed E-state index contributed by atoms with van der Waals surface area (Å²) in [6.07, 6.45) is 0.232. The van der Waals surface area contributed by atoms with E-state index < -0.39 is 35.1 Å². The number of imide groups is 2. The van der Waals surface area contributed by atoms with Gasteiger partial charge in [0.15, 0.2) is 5.41 Å². The van der Waals surface area contributed by atoms with Gasteiger partial charge in [0.1, 0.15) is 5.82 Å². The number of nitrogens with one attached hydrogen (secondary N) is 1. The third-order valence-electron chi connectivity index (χ3n) is 6.67. The first-order chi connectivity index (χ1) is 14.9. The first kappa shape index (κ1) is 19.7. The Morgan fingerprint density at radius 1 is 1.06 bits per heavy atom. The van der Waals surface area contributed by atoms with Gasteiger partial charge in [-0.25, -0.2) is 9.18 Å². The van der Waals surface area contributed by atoms with E-state index in [0.29, 0.717) is 18.7 Å². The molecule has 2 fully saturated rings. The van der Waals surface area contributed by atoms with E-state index in [0.717, 1.165) is 22.7 Å². The Hall–Kier alpha value is -3.26. The van der Waals surface area contributed by atoms with Gasteiger partial charge in [-0.1, -0.05) is 30.3 Å². The fourth-order valence-corrected chi connectivity index (χ4v) is 5.06. The third kappa shape index (κ3) is 3.01. The maximum atomic E-state index is 13.9. The summed E-state index contributed by atoms with van der Waals surface area (Å²) < 4.78 is 13.3. The van der Waals surface area contributed by atoms with Crippen LogP contribution in [0.1, 0.15) is 11.1 Å². The molecule has 0 bridgehead atoms. The maximum absolute atomic E-state index is 13.9. The lowest BCUT2D eigenvalue weighted by atomic mass is 9.67. The molecule has 2 aromatic carbocycles. The van der Waals surface area contributed by atoms with E-state index in [4.69, 9.17) is 0 Å². The Labute approximate surface area is 179 Å². The molecule has 2 atom stereocenters. The molecule has 1 N–H and O–H groups in total. The van der Waals surface area contributed by atoms with E-state index in [2.05, 4.69) is 15.1 Å². The molecule has 2 aromatic rings. The van der Waals surface area contributed by atoms with Crippen LogP contribution in [0.25, 0.3) is 0 Å². The molecule has 0 radical (unpaired) electrons. The predicted molar refractivity (Wildman–Crippen MR) is 112 cm³/mol. The van der Waals surface area contributed by atoms with Gasteiger partial charge >= 0.3 is 6.03 Å². The number of rotatable bonds is 2. The second kappa shape index (κ2) is 7.16. The summed E-state index contributed by atoms with van der Waals surface area (Å²) in [5.74, 6) is -1.43. The van der Waals surface area contributed by atoms with Gasteiger partial charge in [-0.05, 0) is 42.8 Å². The lowest BCUT2D eigenvalue weighted by Crippen LogP contribution is -2.74. The van der Waals surface area contributed by atoms with Crippen LogP contribution in [0, 0.1) is 11.2 Å². The van der Waals surface area contributed by atoms with Gasteiger partial charge in [0.05, 0.1) is 12.6 Å². The number of barbiturate groups is 1. The number of urea groups is 1. The summed E-state index contributed by atoms with van der Waals surface area (Å²) in [5.41, 5.74) is 1.16. The van der Waals surface area contributed by atoms with E-state index in [9.17, 15) is 18.8 Å². The molecule has 0 aliphatic carbocycles. The molecule has 4 amide bonds. The number of piperazine rings is 1. The van der Waals surface area contributed by atoms with Crippen molar-refractivity contribution < 1.29 is 18.8 Å². The Bertz CT molecular complexity index is 1070. The average Bonchev–Trinajstić information content (AvgIpc) is 2.76. The number of benzene rings is 2. The van der Waals surface area contributed by atoms with Crippen molar-refractivity contribution in [3.05, 3.63) is 65.5 Å². The van der Waals surface area contributed by atoms with Gasteiger partial charge < -0.3 is 9.80 Å². The normalized spacial score (nSPS) is 26.0. The zero-order chi connectivity index (χ0) is 21.8. The molecule has 3 heterocycles. The fraction of sp³-hybridized carbons (Fsp3) is 0.348. The molecule has 3 aliphatic heterocycles. The first-order valence-electron chi connectivity index (χ1n) is 10.3. The molecule has 160 valence electrons. The molecule has 8 heteroatoms. The van der Waals surface area contributed by atoms with Crippen LogP contribution in [-0.2, 0) is 22.6 Å². The van der Waals surface area contributed by atoms with Gasteiger partial charge in [0.25, 0.3) is 0 Å². The van der Waals surface area contributed by atoms with Crippen LogP contribution in [0.15, 0.2) is 48.5 Å². The lowest BCUT2D eigenvalue weighted by Gasteiger charge is -2.55. The van der Waals surface area contributed by atoms with Crippen LogP contribution in [0.2, 0.25) is 0 Å². The second-order valence-electron chi connectivity index (χ2n) is 8.53. The number of hydrogen-bond acceptors (Lipinski definition) is 5. The smallest absolute Gasteiger partial charge is 0.331 e. The molecule has 1 spiro atoms. The third-order valence-corrected chi connectivity index (χ3v) is 6.67. The van der Waals surface area contributed by atoms with Crippen LogP contribution in [0.4, 0.5) is 14.9 Å². The van der Waals surface area contributed by atoms with E-state index >= 15 is 0 Å². The first-order valence-corrected chi connectivity index (χ1v) is 10.3. The summed E-state index contributed by atoms with van der Waals surface area (Å²) in [6.45, 7) is 2.01. The fourth-order valence-electron chi connectivity index (χ4n) is 5.06. The number of carbonyl (C=O) groups excluding carboxylic acids is 3. The summed E-state index contributed by atoms with van der Waals surface area (Å²) in [6, 6.07) is 12.3. The van der Waals surface area contributed by atoms with Crippen molar-refractivity contribution in [2.24, 2.45) is 5.41 Å². The van der Waals surface area contributed by atoms with Gasteiger partial charge in [-0.2, -0.15) is 0 Å². The average molecular weight is 422 g/mol. The molecular formula is C23H23FN4O3. The Balaban J connectivity index is 1.58. The van der Waals surface area contributed by atoms with Gasteiger partial charge in [0.2, 0.25) is 11.8 Å². The van der Waals surface area contributed by atoms with Crippen molar-refractivity contribution in [2.45, 2.75) is 19.0 Å². The van der Waals surface area contributed by atoms with Gasteiger partial charge in [-0.3, -0.25) is 19.8 Å². The largest absolute Gasteiger partial charge is 0.364 e. The lowest BCUT2D eigenvalue weighted by molar-refractivity contribution is -0.154. The quantitative estimate of drug-likeness (QED) is 0.747. The monoisotopic (exact) mass is 422 g/mol. The summed E-state index contributed by atoms with van der Waals surface area (Å²) in [7, 11) is 1.97. The summed E-state index contributed by atoms with van der Waals surface area (Å²) >= 11 is 0. The highest BCUT2D eigenvalue weighted by atomic mass is 19.1. The Kier molecular flexibility index (Phi) is 4.55. The van der Waals surface area contributed by atoms with Crippen molar-refractivity contribution in [1.82, 2.24) is 15.1 Å². The van der Waals surface area contributed by atoms with Crippen LogP contribution in [0.3, 0.4) is 0 Å². The SMILES string of the molecule is CN1CCN2c3ccccc3C[C@@]3(C(=O)NC(=O)N(Cc4ccc(F)cc4)C3=O)[C@@H]2C1. The van der Waals surface area contributed by atoms with E-state index in [1.54, 1.807) is 0 Å². The molecule has 31 heavy (non-hydrogen) atoms. The molecule has 5 rings (SSSR count). The van der Waals surface area contributed by atoms with E-state index in [1.165, 1.54) is 24.3 Å². The highest BCUT2D eigenvalue weighted by Gasteiger charge is 2.62. The molecular weight excluding hydrogens is 399 g/mol. The van der Waals surface area contributed by atoms with Crippen molar-refractivity contribution in [1.29, 1.82) is 0 Å². The number of para-hydroxylation sites is 1. The predicted octanol–water partition coefficient (Wildman–Crippen LogP) is 1.77. The molecule has 0 saturated carbocycles. The number of hydrogen-bond donors (Lipinski definition) is 1. The molecule has 7 nitrogen and oxygen atoms in total. The van der Waals surface area contributed by atoms with Crippen LogP contribution >= 0.6 is 0 Å². The summed E-state index contributed by atoms with van der Waals surface area (Å²) in [5, 5.41) is 2.44. The number of fused-ring (bicyclic) bond motifs is 4. The topological polar surface area (TPSA) is 73.0 Å². The zero-order valence-corrected chi connectivity index (χ0v) is 17.2. The van der Waals surface area contributed by atoms with E-state index in [-0.39, 0.29) is 13.0 Å².